The molecular weight excluding hydrogens is 368 g/mol. The first-order chi connectivity index (χ1) is 10.1. The standard InChI is InChI=1S/C15H15BrN2OS2/c16-12-9-10(15(17)20)6-7-13(12)18-14(19)5-1-3-11-4-2-8-21-11/h2,4,6-9H,1,3,5H2,(H2,17,20)(H,18,19). The number of amides is 1. The van der Waals surface area contributed by atoms with E-state index in [1.54, 1.807) is 23.5 Å². The molecule has 0 aliphatic rings. The first kappa shape index (κ1) is 16.1. The summed E-state index contributed by atoms with van der Waals surface area (Å²) in [6, 6.07) is 9.53. The number of aryl methyl sites for hydroxylation is 1. The summed E-state index contributed by atoms with van der Waals surface area (Å²) in [5.74, 6) is 0.00957. The molecule has 0 bridgehead atoms. The molecule has 0 aliphatic heterocycles. The number of hydrogen-bond donors (Lipinski definition) is 2. The zero-order valence-electron chi connectivity index (χ0n) is 11.3. The highest BCUT2D eigenvalue weighted by Crippen LogP contribution is 2.24. The Morgan fingerprint density at radius 2 is 2.19 bits per heavy atom. The number of anilines is 1. The van der Waals surface area contributed by atoms with Gasteiger partial charge in [0, 0.05) is 21.3 Å². The predicted molar refractivity (Wildman–Crippen MR) is 95.9 cm³/mol. The van der Waals surface area contributed by atoms with Crippen molar-refractivity contribution in [2.24, 2.45) is 5.73 Å². The van der Waals surface area contributed by atoms with Crippen LogP contribution in [0.3, 0.4) is 0 Å². The molecule has 3 nitrogen and oxygen atoms in total. The first-order valence-electron chi connectivity index (χ1n) is 6.48. The number of thiocarbonyl (C=S) groups is 1. The summed E-state index contributed by atoms with van der Waals surface area (Å²) >= 11 is 10.1. The van der Waals surface area contributed by atoms with Crippen molar-refractivity contribution in [1.29, 1.82) is 0 Å². The van der Waals surface area contributed by atoms with Gasteiger partial charge in [-0.05, 0) is 58.4 Å². The van der Waals surface area contributed by atoms with Crippen LogP contribution in [-0.4, -0.2) is 10.9 Å². The molecule has 2 aromatic rings. The van der Waals surface area contributed by atoms with Crippen molar-refractivity contribution in [1.82, 2.24) is 0 Å². The molecule has 1 amide bonds. The molecular formula is C15H15BrN2OS2. The third-order valence-corrected chi connectivity index (χ3v) is 4.76. The Balaban J connectivity index is 1.86. The zero-order valence-corrected chi connectivity index (χ0v) is 14.5. The van der Waals surface area contributed by atoms with Crippen LogP contribution in [0.2, 0.25) is 0 Å². The average molecular weight is 383 g/mol. The number of hydrogen-bond acceptors (Lipinski definition) is 3. The third-order valence-electron chi connectivity index (χ3n) is 2.93. The summed E-state index contributed by atoms with van der Waals surface area (Å²) in [5.41, 5.74) is 7.07. The lowest BCUT2D eigenvalue weighted by molar-refractivity contribution is -0.116. The second-order valence-corrected chi connectivity index (χ2v) is 6.87. The Morgan fingerprint density at radius 3 is 2.81 bits per heavy atom. The zero-order chi connectivity index (χ0) is 15.2. The van der Waals surface area contributed by atoms with Crippen molar-refractivity contribution in [2.75, 3.05) is 5.32 Å². The van der Waals surface area contributed by atoms with Gasteiger partial charge in [-0.25, -0.2) is 0 Å². The monoisotopic (exact) mass is 382 g/mol. The van der Waals surface area contributed by atoms with Crippen molar-refractivity contribution < 1.29 is 4.79 Å². The number of rotatable bonds is 6. The van der Waals surface area contributed by atoms with E-state index in [1.807, 2.05) is 12.1 Å². The molecule has 0 radical (unpaired) electrons. The van der Waals surface area contributed by atoms with E-state index in [9.17, 15) is 4.79 Å². The van der Waals surface area contributed by atoms with Gasteiger partial charge in [-0.15, -0.1) is 11.3 Å². The fourth-order valence-corrected chi connectivity index (χ4v) is 3.22. The van der Waals surface area contributed by atoms with E-state index in [0.29, 0.717) is 11.4 Å². The van der Waals surface area contributed by atoms with Crippen LogP contribution >= 0.6 is 39.5 Å². The fraction of sp³-hybridized carbons (Fsp3) is 0.200. The summed E-state index contributed by atoms with van der Waals surface area (Å²) in [6.45, 7) is 0. The van der Waals surface area contributed by atoms with E-state index in [-0.39, 0.29) is 5.91 Å². The average Bonchev–Trinajstić information content (AvgIpc) is 2.94. The van der Waals surface area contributed by atoms with Gasteiger partial charge in [-0.1, -0.05) is 18.3 Å². The molecule has 6 heteroatoms. The Kier molecular flexibility index (Phi) is 5.90. The van der Waals surface area contributed by atoms with Gasteiger partial charge < -0.3 is 11.1 Å². The van der Waals surface area contributed by atoms with Crippen LogP contribution in [0.4, 0.5) is 5.69 Å². The number of carbonyl (C=O) groups excluding carboxylic acids is 1. The molecule has 2 rings (SSSR count). The van der Waals surface area contributed by atoms with E-state index >= 15 is 0 Å². The maximum atomic E-state index is 11.9. The second-order valence-electron chi connectivity index (χ2n) is 4.54. The van der Waals surface area contributed by atoms with Gasteiger partial charge >= 0.3 is 0 Å². The highest BCUT2D eigenvalue weighted by Gasteiger charge is 2.07. The molecule has 1 aromatic heterocycles. The normalized spacial score (nSPS) is 10.3. The quantitative estimate of drug-likeness (QED) is 0.739. The lowest BCUT2D eigenvalue weighted by Crippen LogP contribution is -2.13. The van der Waals surface area contributed by atoms with Gasteiger partial charge in [0.05, 0.1) is 5.69 Å². The molecule has 0 saturated carbocycles. The van der Waals surface area contributed by atoms with Gasteiger partial charge in [0.1, 0.15) is 4.99 Å². The minimum atomic E-state index is 0.00957. The van der Waals surface area contributed by atoms with Crippen molar-refractivity contribution in [3.05, 3.63) is 50.6 Å². The predicted octanol–water partition coefficient (Wildman–Crippen LogP) is 4.11. The fourth-order valence-electron chi connectivity index (χ4n) is 1.86. The van der Waals surface area contributed by atoms with Crippen molar-refractivity contribution >= 4 is 56.1 Å². The summed E-state index contributed by atoms with van der Waals surface area (Å²) in [4.78, 5) is 13.6. The largest absolute Gasteiger partial charge is 0.389 e. The van der Waals surface area contributed by atoms with Crippen LogP contribution in [0, 0.1) is 0 Å². The van der Waals surface area contributed by atoms with E-state index in [2.05, 4.69) is 32.7 Å². The van der Waals surface area contributed by atoms with Crippen LogP contribution in [0.25, 0.3) is 0 Å². The number of halogens is 1. The molecule has 1 heterocycles. The smallest absolute Gasteiger partial charge is 0.224 e. The van der Waals surface area contributed by atoms with E-state index in [1.165, 1.54) is 4.88 Å². The van der Waals surface area contributed by atoms with Gasteiger partial charge in [-0.2, -0.15) is 0 Å². The summed E-state index contributed by atoms with van der Waals surface area (Å²) in [5, 5.41) is 4.94. The summed E-state index contributed by atoms with van der Waals surface area (Å²) < 4.78 is 0.777. The summed E-state index contributed by atoms with van der Waals surface area (Å²) in [6.07, 6.45) is 2.28. The molecule has 0 spiro atoms. The maximum absolute atomic E-state index is 11.9. The lowest BCUT2D eigenvalue weighted by atomic mass is 10.2. The molecule has 0 aliphatic carbocycles. The Bertz CT molecular complexity index is 641. The number of nitrogens with two attached hydrogens (primary N) is 1. The van der Waals surface area contributed by atoms with Crippen LogP contribution in [0.15, 0.2) is 40.2 Å². The topological polar surface area (TPSA) is 55.1 Å². The molecule has 1 aromatic carbocycles. The van der Waals surface area contributed by atoms with Crippen LogP contribution in [-0.2, 0) is 11.2 Å². The summed E-state index contributed by atoms with van der Waals surface area (Å²) in [7, 11) is 0. The van der Waals surface area contributed by atoms with Crippen LogP contribution < -0.4 is 11.1 Å². The Hall–Kier alpha value is -1.24. The Labute approximate surface area is 141 Å². The van der Waals surface area contributed by atoms with Crippen LogP contribution in [0.5, 0.6) is 0 Å². The number of carbonyl (C=O) groups is 1. The second kappa shape index (κ2) is 7.68. The van der Waals surface area contributed by atoms with Gasteiger partial charge in [-0.3, -0.25) is 4.79 Å². The van der Waals surface area contributed by atoms with E-state index in [4.69, 9.17) is 18.0 Å². The molecule has 0 fully saturated rings. The van der Waals surface area contributed by atoms with Gasteiger partial charge in [0.2, 0.25) is 5.91 Å². The highest BCUT2D eigenvalue weighted by molar-refractivity contribution is 9.10. The molecule has 0 unspecified atom stereocenters. The molecule has 110 valence electrons. The van der Waals surface area contributed by atoms with Gasteiger partial charge in [0.15, 0.2) is 0 Å². The van der Waals surface area contributed by atoms with Crippen molar-refractivity contribution in [2.45, 2.75) is 19.3 Å². The lowest BCUT2D eigenvalue weighted by Gasteiger charge is -2.08. The Morgan fingerprint density at radius 1 is 1.38 bits per heavy atom. The minimum Gasteiger partial charge on any atom is -0.389 e. The van der Waals surface area contributed by atoms with E-state index in [0.717, 1.165) is 28.6 Å². The van der Waals surface area contributed by atoms with Crippen molar-refractivity contribution in [3.8, 4) is 0 Å². The molecule has 3 N–H and O–H groups in total. The molecule has 21 heavy (non-hydrogen) atoms. The SMILES string of the molecule is NC(=S)c1ccc(NC(=O)CCCc2cccs2)c(Br)c1. The van der Waals surface area contributed by atoms with Crippen LogP contribution in [0.1, 0.15) is 23.3 Å². The number of thiophene rings is 1. The van der Waals surface area contributed by atoms with Crippen molar-refractivity contribution in [3.63, 3.8) is 0 Å². The highest BCUT2D eigenvalue weighted by atomic mass is 79.9. The number of benzene rings is 1. The minimum absolute atomic E-state index is 0.00957. The third kappa shape index (κ3) is 4.91. The van der Waals surface area contributed by atoms with E-state index < -0.39 is 0 Å². The number of nitrogens with one attached hydrogen (secondary N) is 1. The molecule has 0 atom stereocenters. The first-order valence-corrected chi connectivity index (χ1v) is 8.56. The van der Waals surface area contributed by atoms with Gasteiger partial charge in [0.25, 0.3) is 0 Å². The maximum Gasteiger partial charge on any atom is 0.224 e. The molecule has 0 saturated heterocycles.